The molecular formula is C14H20N2O4S. The highest BCUT2D eigenvalue weighted by Gasteiger charge is 2.29. The van der Waals surface area contributed by atoms with Gasteiger partial charge in [-0.3, -0.25) is 0 Å². The third-order valence-corrected chi connectivity index (χ3v) is 5.43. The molecule has 21 heavy (non-hydrogen) atoms. The molecular weight excluding hydrogens is 292 g/mol. The Balaban J connectivity index is 2.32. The summed E-state index contributed by atoms with van der Waals surface area (Å²) in [5.41, 5.74) is 0.969. The Morgan fingerprint density at radius 1 is 1.43 bits per heavy atom. The summed E-state index contributed by atoms with van der Waals surface area (Å²) < 4.78 is 31.4. The number of nitrogens with zero attached hydrogens (tertiary/aromatic N) is 1. The van der Waals surface area contributed by atoms with Gasteiger partial charge in [-0.1, -0.05) is 0 Å². The molecule has 1 atom stereocenters. The molecule has 2 rings (SSSR count). The van der Waals surface area contributed by atoms with Crippen LogP contribution in [0.5, 0.6) is 0 Å². The number of hydrogen-bond donors (Lipinski definition) is 1. The van der Waals surface area contributed by atoms with Gasteiger partial charge in [-0.2, -0.15) is 4.31 Å². The van der Waals surface area contributed by atoms with Crippen molar-refractivity contribution in [1.82, 2.24) is 9.62 Å². The molecule has 1 N–H and O–H groups in total. The average molecular weight is 312 g/mol. The van der Waals surface area contributed by atoms with Crippen LogP contribution in [-0.4, -0.2) is 51.5 Å². The first-order valence-corrected chi connectivity index (χ1v) is 8.22. The van der Waals surface area contributed by atoms with Crippen molar-refractivity contribution < 1.29 is 17.9 Å². The fraction of sp³-hybridized carbons (Fsp3) is 0.500. The lowest BCUT2D eigenvalue weighted by atomic mass is 10.1. The number of sulfonamides is 1. The number of carbonyl (C=O) groups excluding carboxylic acids is 1. The second-order valence-corrected chi connectivity index (χ2v) is 7.12. The van der Waals surface area contributed by atoms with Gasteiger partial charge in [-0.05, 0) is 37.6 Å². The van der Waals surface area contributed by atoms with E-state index in [1.807, 2.05) is 6.92 Å². The van der Waals surface area contributed by atoms with Crippen molar-refractivity contribution in [2.45, 2.75) is 24.8 Å². The quantitative estimate of drug-likeness (QED) is 0.834. The molecule has 6 nitrogen and oxygen atoms in total. The first-order valence-electron chi connectivity index (χ1n) is 6.78. The highest BCUT2D eigenvalue weighted by molar-refractivity contribution is 7.89. The Kier molecular flexibility index (Phi) is 4.65. The second kappa shape index (κ2) is 6.13. The molecule has 1 aliphatic heterocycles. The fourth-order valence-electron chi connectivity index (χ4n) is 2.40. The van der Waals surface area contributed by atoms with Crippen molar-refractivity contribution >= 4 is 16.0 Å². The number of carbonyl (C=O) groups is 1. The normalized spacial score (nSPS) is 20.2. The van der Waals surface area contributed by atoms with E-state index < -0.39 is 16.0 Å². The second-order valence-electron chi connectivity index (χ2n) is 5.19. The molecule has 0 spiro atoms. The van der Waals surface area contributed by atoms with Gasteiger partial charge in [0.1, 0.15) is 0 Å². The van der Waals surface area contributed by atoms with E-state index in [-0.39, 0.29) is 10.9 Å². The standard InChI is InChI=1S/C14H20N2O4S/c1-10-8-12(4-5-13(10)14(17)20-3)21(18,19)16-7-6-15-11(2)9-16/h4-5,8,11,15H,6-7,9H2,1-3H3. The summed E-state index contributed by atoms with van der Waals surface area (Å²) in [7, 11) is -2.23. The highest BCUT2D eigenvalue weighted by Crippen LogP contribution is 2.21. The lowest BCUT2D eigenvalue weighted by Gasteiger charge is -2.31. The summed E-state index contributed by atoms with van der Waals surface area (Å²) in [4.78, 5) is 11.8. The van der Waals surface area contributed by atoms with Crippen LogP contribution in [0.2, 0.25) is 0 Å². The molecule has 0 amide bonds. The molecule has 1 saturated heterocycles. The zero-order valence-corrected chi connectivity index (χ0v) is 13.2. The molecule has 1 fully saturated rings. The van der Waals surface area contributed by atoms with Crippen LogP contribution in [0.1, 0.15) is 22.8 Å². The lowest BCUT2D eigenvalue weighted by molar-refractivity contribution is 0.0600. The largest absolute Gasteiger partial charge is 0.465 e. The zero-order valence-electron chi connectivity index (χ0n) is 12.4. The number of rotatable bonds is 3. The number of piperazine rings is 1. The van der Waals surface area contributed by atoms with Crippen molar-refractivity contribution in [3.63, 3.8) is 0 Å². The van der Waals surface area contributed by atoms with Gasteiger partial charge >= 0.3 is 5.97 Å². The third-order valence-electron chi connectivity index (χ3n) is 3.57. The lowest BCUT2D eigenvalue weighted by Crippen LogP contribution is -2.51. The van der Waals surface area contributed by atoms with Crippen LogP contribution in [-0.2, 0) is 14.8 Å². The molecule has 7 heteroatoms. The predicted octanol–water partition coefficient (Wildman–Crippen LogP) is 0.764. The molecule has 1 aromatic carbocycles. The van der Waals surface area contributed by atoms with Gasteiger partial charge in [-0.25, -0.2) is 13.2 Å². The van der Waals surface area contributed by atoms with Crippen LogP contribution >= 0.6 is 0 Å². The molecule has 1 aromatic rings. The Labute approximate surface area is 125 Å². The number of nitrogens with one attached hydrogen (secondary N) is 1. The smallest absolute Gasteiger partial charge is 0.338 e. The van der Waals surface area contributed by atoms with Gasteiger partial charge in [0.2, 0.25) is 10.0 Å². The van der Waals surface area contributed by atoms with E-state index in [1.54, 1.807) is 6.92 Å². The van der Waals surface area contributed by atoms with Crippen LogP contribution in [0.15, 0.2) is 23.1 Å². The molecule has 0 radical (unpaired) electrons. The van der Waals surface area contributed by atoms with Gasteiger partial charge in [0, 0.05) is 25.7 Å². The molecule has 1 aliphatic rings. The van der Waals surface area contributed by atoms with E-state index in [9.17, 15) is 13.2 Å². The van der Waals surface area contributed by atoms with Crippen molar-refractivity contribution in [3.05, 3.63) is 29.3 Å². The molecule has 0 aliphatic carbocycles. The Bertz CT molecular complexity index is 642. The van der Waals surface area contributed by atoms with Gasteiger partial charge < -0.3 is 10.1 Å². The SMILES string of the molecule is COC(=O)c1ccc(S(=O)(=O)N2CCNC(C)C2)cc1C. The van der Waals surface area contributed by atoms with Crippen molar-refractivity contribution in [1.29, 1.82) is 0 Å². The predicted molar refractivity (Wildman–Crippen MR) is 78.7 cm³/mol. The zero-order chi connectivity index (χ0) is 15.6. The number of esters is 1. The fourth-order valence-corrected chi connectivity index (χ4v) is 4.02. The number of aryl methyl sites for hydroxylation is 1. The first kappa shape index (κ1) is 15.9. The van der Waals surface area contributed by atoms with E-state index in [1.165, 1.54) is 29.6 Å². The summed E-state index contributed by atoms with van der Waals surface area (Å²) in [5, 5.41) is 3.21. The Hall–Kier alpha value is -1.44. The number of hydrogen-bond acceptors (Lipinski definition) is 5. The third kappa shape index (κ3) is 3.25. The van der Waals surface area contributed by atoms with Crippen LogP contribution in [0.4, 0.5) is 0 Å². The van der Waals surface area contributed by atoms with Gasteiger partial charge in [0.05, 0.1) is 17.6 Å². The van der Waals surface area contributed by atoms with E-state index in [4.69, 9.17) is 0 Å². The maximum atomic E-state index is 12.6. The maximum Gasteiger partial charge on any atom is 0.338 e. The molecule has 0 bridgehead atoms. The summed E-state index contributed by atoms with van der Waals surface area (Å²) in [6, 6.07) is 4.61. The molecule has 116 valence electrons. The Morgan fingerprint density at radius 3 is 2.71 bits per heavy atom. The van der Waals surface area contributed by atoms with Crippen LogP contribution in [0.3, 0.4) is 0 Å². The molecule has 1 unspecified atom stereocenters. The minimum absolute atomic E-state index is 0.129. The van der Waals surface area contributed by atoms with E-state index in [2.05, 4.69) is 10.1 Å². The topological polar surface area (TPSA) is 75.7 Å². The molecule has 0 aromatic heterocycles. The van der Waals surface area contributed by atoms with Gasteiger partial charge in [0.25, 0.3) is 0 Å². The van der Waals surface area contributed by atoms with Crippen LogP contribution in [0.25, 0.3) is 0 Å². The van der Waals surface area contributed by atoms with Gasteiger partial charge in [-0.15, -0.1) is 0 Å². The number of methoxy groups -OCH3 is 1. The van der Waals surface area contributed by atoms with Crippen molar-refractivity contribution in [2.75, 3.05) is 26.7 Å². The van der Waals surface area contributed by atoms with E-state index in [0.717, 1.165) is 0 Å². The Morgan fingerprint density at radius 2 is 2.14 bits per heavy atom. The minimum atomic E-state index is -3.53. The summed E-state index contributed by atoms with van der Waals surface area (Å²) >= 11 is 0. The molecule has 0 saturated carbocycles. The van der Waals surface area contributed by atoms with Crippen molar-refractivity contribution in [3.8, 4) is 0 Å². The summed E-state index contributed by atoms with van der Waals surface area (Å²) in [6.07, 6.45) is 0. The monoisotopic (exact) mass is 312 g/mol. The average Bonchev–Trinajstić information content (AvgIpc) is 2.46. The summed E-state index contributed by atoms with van der Waals surface area (Å²) in [6.45, 7) is 5.18. The highest BCUT2D eigenvalue weighted by atomic mass is 32.2. The first-order chi connectivity index (χ1) is 9.86. The summed E-state index contributed by atoms with van der Waals surface area (Å²) in [5.74, 6) is -0.466. The van der Waals surface area contributed by atoms with Crippen molar-refractivity contribution in [2.24, 2.45) is 0 Å². The number of ether oxygens (including phenoxy) is 1. The van der Waals surface area contributed by atoms with E-state index >= 15 is 0 Å². The minimum Gasteiger partial charge on any atom is -0.465 e. The van der Waals surface area contributed by atoms with Crippen LogP contribution < -0.4 is 5.32 Å². The molecule has 1 heterocycles. The van der Waals surface area contributed by atoms with E-state index in [0.29, 0.717) is 30.8 Å². The number of benzene rings is 1. The van der Waals surface area contributed by atoms with Crippen LogP contribution in [0, 0.1) is 6.92 Å². The van der Waals surface area contributed by atoms with Gasteiger partial charge in [0.15, 0.2) is 0 Å². The maximum absolute atomic E-state index is 12.6.